The van der Waals surface area contributed by atoms with E-state index in [1.54, 1.807) is 13.0 Å². The molecule has 2 heterocycles. The molecule has 3 rings (SSSR count). The van der Waals surface area contributed by atoms with Gasteiger partial charge in [-0.2, -0.15) is 14.0 Å². The van der Waals surface area contributed by atoms with Crippen LogP contribution in [0, 0.1) is 11.3 Å². The van der Waals surface area contributed by atoms with Crippen LogP contribution in [-0.4, -0.2) is 35.4 Å². The Morgan fingerprint density at radius 3 is 2.87 bits per heavy atom. The highest BCUT2D eigenvalue weighted by Gasteiger charge is 2.33. The monoisotopic (exact) mass is 319 g/mol. The van der Waals surface area contributed by atoms with Crippen molar-refractivity contribution in [1.82, 2.24) is 4.98 Å². The molecule has 1 aliphatic rings. The van der Waals surface area contributed by atoms with Gasteiger partial charge in [0.25, 0.3) is 0 Å². The van der Waals surface area contributed by atoms with Crippen LogP contribution in [0.4, 0.5) is 14.5 Å². The molecule has 7 heteroatoms. The number of aliphatic hydroxyl groups is 1. The van der Waals surface area contributed by atoms with Crippen molar-refractivity contribution in [2.24, 2.45) is 0 Å². The molecule has 5 nitrogen and oxygen atoms in total. The number of halogens is 2. The Morgan fingerprint density at radius 2 is 2.26 bits per heavy atom. The number of β-amino-alcohol motifs (C(OH)–C–C–N with tert-alkyl or cyclic N) is 1. The summed E-state index contributed by atoms with van der Waals surface area (Å²) in [5.74, 6) is 0.0107. The summed E-state index contributed by atoms with van der Waals surface area (Å²) in [6, 6.07) is 6.52. The second-order valence-electron chi connectivity index (χ2n) is 5.86. The van der Waals surface area contributed by atoms with E-state index in [1.165, 1.54) is 18.3 Å². The standard InChI is InChI=1S/C16H15F2N3O2/c1-16(22)4-5-21(9-16)14-10(7-19)8-20-13-3-2-11(6-12(13)14)23-15(17)18/h2-3,6,8,15,22H,4-5,9H2,1H3. The van der Waals surface area contributed by atoms with Gasteiger partial charge in [0, 0.05) is 24.7 Å². The van der Waals surface area contributed by atoms with Gasteiger partial charge in [-0.1, -0.05) is 0 Å². The molecule has 0 amide bonds. The van der Waals surface area contributed by atoms with E-state index in [2.05, 4.69) is 15.8 Å². The van der Waals surface area contributed by atoms with E-state index in [4.69, 9.17) is 0 Å². The van der Waals surface area contributed by atoms with Gasteiger partial charge in [0.15, 0.2) is 0 Å². The van der Waals surface area contributed by atoms with Crippen LogP contribution in [0.2, 0.25) is 0 Å². The number of nitrogens with zero attached hydrogens (tertiary/aromatic N) is 3. The van der Waals surface area contributed by atoms with Crippen LogP contribution in [0.1, 0.15) is 18.9 Å². The molecule has 1 aromatic carbocycles. The van der Waals surface area contributed by atoms with Crippen molar-refractivity contribution < 1.29 is 18.6 Å². The average Bonchev–Trinajstić information content (AvgIpc) is 2.85. The van der Waals surface area contributed by atoms with Gasteiger partial charge in [0.2, 0.25) is 0 Å². The summed E-state index contributed by atoms with van der Waals surface area (Å²) < 4.78 is 29.3. The second-order valence-corrected chi connectivity index (χ2v) is 5.86. The lowest BCUT2D eigenvalue weighted by atomic mass is 10.1. The Labute approximate surface area is 131 Å². The quantitative estimate of drug-likeness (QED) is 0.942. The number of pyridine rings is 1. The molecular weight excluding hydrogens is 304 g/mol. The molecule has 0 aliphatic carbocycles. The van der Waals surface area contributed by atoms with Crippen LogP contribution in [-0.2, 0) is 0 Å². The predicted octanol–water partition coefficient (Wildman–Crippen LogP) is 2.67. The molecule has 120 valence electrons. The summed E-state index contributed by atoms with van der Waals surface area (Å²) in [5.41, 5.74) is 0.658. The van der Waals surface area contributed by atoms with Crippen molar-refractivity contribution in [2.45, 2.75) is 25.6 Å². The van der Waals surface area contributed by atoms with E-state index >= 15 is 0 Å². The average molecular weight is 319 g/mol. The number of anilines is 1. The molecule has 1 N–H and O–H groups in total. The molecule has 1 aromatic heterocycles. The van der Waals surface area contributed by atoms with Crippen LogP contribution >= 0.6 is 0 Å². The normalized spacial score (nSPS) is 21.0. The smallest absolute Gasteiger partial charge is 0.387 e. The second kappa shape index (κ2) is 5.63. The van der Waals surface area contributed by atoms with E-state index in [0.29, 0.717) is 41.7 Å². The fraction of sp³-hybridized carbons (Fsp3) is 0.375. The molecule has 1 unspecified atom stereocenters. The van der Waals surface area contributed by atoms with Crippen LogP contribution in [0.15, 0.2) is 24.4 Å². The molecule has 0 bridgehead atoms. The molecule has 1 saturated heterocycles. The zero-order valence-corrected chi connectivity index (χ0v) is 12.5. The Morgan fingerprint density at radius 1 is 1.48 bits per heavy atom. The highest BCUT2D eigenvalue weighted by atomic mass is 19.3. The van der Waals surface area contributed by atoms with E-state index in [9.17, 15) is 19.1 Å². The van der Waals surface area contributed by atoms with Crippen LogP contribution in [0.5, 0.6) is 5.75 Å². The van der Waals surface area contributed by atoms with Gasteiger partial charge in [0.05, 0.1) is 22.4 Å². The van der Waals surface area contributed by atoms with Gasteiger partial charge in [-0.15, -0.1) is 0 Å². The van der Waals surface area contributed by atoms with E-state index in [0.717, 1.165) is 0 Å². The van der Waals surface area contributed by atoms with E-state index in [-0.39, 0.29) is 5.75 Å². The van der Waals surface area contributed by atoms with Crippen molar-refractivity contribution in [3.05, 3.63) is 30.0 Å². The highest BCUT2D eigenvalue weighted by molar-refractivity contribution is 5.95. The highest BCUT2D eigenvalue weighted by Crippen LogP contribution is 2.36. The minimum absolute atomic E-state index is 0.0107. The van der Waals surface area contributed by atoms with Crippen LogP contribution < -0.4 is 9.64 Å². The van der Waals surface area contributed by atoms with E-state index < -0.39 is 12.2 Å². The van der Waals surface area contributed by atoms with Gasteiger partial charge < -0.3 is 14.7 Å². The lowest BCUT2D eigenvalue weighted by Crippen LogP contribution is -2.30. The SMILES string of the molecule is CC1(O)CCN(c2c(C#N)cnc3ccc(OC(F)F)cc23)C1. The number of hydrogen-bond donors (Lipinski definition) is 1. The third kappa shape index (κ3) is 3.03. The number of rotatable bonds is 3. The number of benzene rings is 1. The summed E-state index contributed by atoms with van der Waals surface area (Å²) in [5, 5.41) is 20.1. The number of nitriles is 1. The fourth-order valence-corrected chi connectivity index (χ4v) is 2.89. The zero-order valence-electron chi connectivity index (χ0n) is 12.5. The molecule has 0 radical (unpaired) electrons. The Hall–Kier alpha value is -2.46. The van der Waals surface area contributed by atoms with Crippen molar-refractivity contribution in [1.29, 1.82) is 5.26 Å². The lowest BCUT2D eigenvalue weighted by molar-refractivity contribution is -0.0497. The first-order chi connectivity index (χ1) is 10.9. The van der Waals surface area contributed by atoms with Crippen LogP contribution in [0.25, 0.3) is 10.9 Å². The Balaban J connectivity index is 2.14. The third-order valence-electron chi connectivity index (χ3n) is 3.92. The Bertz CT molecular complexity index is 787. The molecule has 1 atom stereocenters. The van der Waals surface area contributed by atoms with Gasteiger partial charge >= 0.3 is 6.61 Å². The number of fused-ring (bicyclic) bond motifs is 1. The number of ether oxygens (including phenoxy) is 1. The predicted molar refractivity (Wildman–Crippen MR) is 80.5 cm³/mol. The maximum atomic E-state index is 12.4. The van der Waals surface area contributed by atoms with Gasteiger partial charge in [0.1, 0.15) is 11.8 Å². The van der Waals surface area contributed by atoms with Crippen molar-refractivity contribution in [2.75, 3.05) is 18.0 Å². The largest absolute Gasteiger partial charge is 0.435 e. The molecule has 1 aliphatic heterocycles. The van der Waals surface area contributed by atoms with Gasteiger partial charge in [-0.05, 0) is 31.5 Å². The minimum Gasteiger partial charge on any atom is -0.435 e. The lowest BCUT2D eigenvalue weighted by Gasteiger charge is -2.23. The molecule has 1 fully saturated rings. The van der Waals surface area contributed by atoms with Crippen molar-refractivity contribution in [3.63, 3.8) is 0 Å². The summed E-state index contributed by atoms with van der Waals surface area (Å²) in [7, 11) is 0. The third-order valence-corrected chi connectivity index (χ3v) is 3.92. The van der Waals surface area contributed by atoms with Crippen molar-refractivity contribution in [3.8, 4) is 11.8 Å². The molecule has 23 heavy (non-hydrogen) atoms. The summed E-state index contributed by atoms with van der Waals surface area (Å²) in [6.45, 7) is -0.259. The molecular formula is C16H15F2N3O2. The first kappa shape index (κ1) is 15.4. The maximum absolute atomic E-state index is 12.4. The van der Waals surface area contributed by atoms with E-state index in [1.807, 2.05) is 4.90 Å². The molecule has 0 saturated carbocycles. The van der Waals surface area contributed by atoms with Gasteiger partial charge in [-0.25, -0.2) is 0 Å². The van der Waals surface area contributed by atoms with Crippen molar-refractivity contribution >= 4 is 16.6 Å². The molecule has 0 spiro atoms. The summed E-state index contributed by atoms with van der Waals surface area (Å²) >= 11 is 0. The maximum Gasteiger partial charge on any atom is 0.387 e. The zero-order chi connectivity index (χ0) is 16.6. The number of aromatic nitrogens is 1. The Kier molecular flexibility index (Phi) is 3.78. The number of alkyl halides is 2. The van der Waals surface area contributed by atoms with Gasteiger partial charge in [-0.3, -0.25) is 4.98 Å². The number of hydrogen-bond acceptors (Lipinski definition) is 5. The molecule has 2 aromatic rings. The van der Waals surface area contributed by atoms with Crippen LogP contribution in [0.3, 0.4) is 0 Å². The minimum atomic E-state index is -2.92. The first-order valence-electron chi connectivity index (χ1n) is 7.15. The summed E-state index contributed by atoms with van der Waals surface area (Å²) in [6.07, 6.45) is 2.02. The first-order valence-corrected chi connectivity index (χ1v) is 7.15. The fourth-order valence-electron chi connectivity index (χ4n) is 2.89. The topological polar surface area (TPSA) is 69.4 Å². The summed E-state index contributed by atoms with van der Waals surface area (Å²) in [4.78, 5) is 6.07.